The molecule has 0 bridgehead atoms. The Balaban J connectivity index is 2.18. The normalized spacial score (nSPS) is 12.7. The Bertz CT molecular complexity index is 903. The molecule has 6 heteroatoms. The van der Waals surface area contributed by atoms with Gasteiger partial charge in [0.25, 0.3) is 0 Å². The number of ether oxygens (including phenoxy) is 2. The van der Waals surface area contributed by atoms with Crippen molar-refractivity contribution in [3.8, 4) is 22.6 Å². The van der Waals surface area contributed by atoms with Gasteiger partial charge in [-0.25, -0.2) is 4.39 Å². The fourth-order valence-corrected chi connectivity index (χ4v) is 3.01. The first-order chi connectivity index (χ1) is 14.3. The van der Waals surface area contributed by atoms with Crippen molar-refractivity contribution >= 4 is 5.71 Å². The van der Waals surface area contributed by atoms with E-state index in [1.165, 1.54) is 12.1 Å². The number of allylic oxidation sites excluding steroid dienone is 1. The van der Waals surface area contributed by atoms with Gasteiger partial charge in [-0.05, 0) is 63.3 Å². The standard InChI is InChI=1S/C24H32FN3O2/c1-17(26)22(18(2)27-3)11-13-30-24-16-20(25)9-10-23(24)19-7-6-8-21(15-19)29-14-12-28(4)5/h6-10,15-16H,11-14,26H2,1-5H3/b22-17-,27-18?. The number of halogens is 1. The van der Waals surface area contributed by atoms with E-state index in [2.05, 4.69) is 9.89 Å². The molecule has 0 fully saturated rings. The third-order valence-corrected chi connectivity index (χ3v) is 4.75. The van der Waals surface area contributed by atoms with Crippen LogP contribution in [0.25, 0.3) is 11.1 Å². The Kier molecular flexibility index (Phi) is 8.87. The van der Waals surface area contributed by atoms with E-state index < -0.39 is 0 Å². The molecule has 162 valence electrons. The molecule has 0 aliphatic rings. The minimum absolute atomic E-state index is 0.343. The van der Waals surface area contributed by atoms with Crippen LogP contribution in [0.2, 0.25) is 0 Å². The van der Waals surface area contributed by atoms with Gasteiger partial charge in [0.1, 0.15) is 23.9 Å². The van der Waals surface area contributed by atoms with Crippen LogP contribution in [0.3, 0.4) is 0 Å². The van der Waals surface area contributed by atoms with Gasteiger partial charge in [0.2, 0.25) is 0 Å². The smallest absolute Gasteiger partial charge is 0.130 e. The minimum atomic E-state index is -0.343. The number of likely N-dealkylation sites (N-methyl/N-ethyl adjacent to an activating group) is 1. The lowest BCUT2D eigenvalue weighted by Gasteiger charge is -2.15. The zero-order valence-corrected chi connectivity index (χ0v) is 18.5. The van der Waals surface area contributed by atoms with Gasteiger partial charge in [0.15, 0.2) is 0 Å². The van der Waals surface area contributed by atoms with Gasteiger partial charge < -0.3 is 20.1 Å². The van der Waals surface area contributed by atoms with Crippen molar-refractivity contribution < 1.29 is 13.9 Å². The highest BCUT2D eigenvalue weighted by Crippen LogP contribution is 2.33. The van der Waals surface area contributed by atoms with Gasteiger partial charge in [-0.1, -0.05) is 12.1 Å². The Morgan fingerprint density at radius 2 is 1.83 bits per heavy atom. The molecule has 0 saturated heterocycles. The van der Waals surface area contributed by atoms with Gasteiger partial charge >= 0.3 is 0 Å². The summed E-state index contributed by atoms with van der Waals surface area (Å²) >= 11 is 0. The summed E-state index contributed by atoms with van der Waals surface area (Å²) in [4.78, 5) is 6.27. The minimum Gasteiger partial charge on any atom is -0.492 e. The molecule has 0 heterocycles. The second-order valence-electron chi connectivity index (χ2n) is 7.39. The summed E-state index contributed by atoms with van der Waals surface area (Å²) in [6.07, 6.45) is 0.592. The number of nitrogens with two attached hydrogens (primary N) is 1. The molecule has 5 nitrogen and oxygen atoms in total. The summed E-state index contributed by atoms with van der Waals surface area (Å²) in [5, 5.41) is 0. The van der Waals surface area contributed by atoms with E-state index in [1.54, 1.807) is 13.1 Å². The molecule has 2 aromatic rings. The first kappa shape index (κ1) is 23.4. The zero-order valence-electron chi connectivity index (χ0n) is 18.5. The van der Waals surface area contributed by atoms with E-state index in [-0.39, 0.29) is 5.82 Å². The highest BCUT2D eigenvalue weighted by Gasteiger charge is 2.11. The maximum atomic E-state index is 13.9. The lowest BCUT2D eigenvalue weighted by Crippen LogP contribution is -2.19. The van der Waals surface area contributed by atoms with Crippen molar-refractivity contribution in [2.45, 2.75) is 20.3 Å². The van der Waals surface area contributed by atoms with Crippen molar-refractivity contribution in [3.05, 3.63) is 59.6 Å². The van der Waals surface area contributed by atoms with E-state index in [9.17, 15) is 4.39 Å². The quantitative estimate of drug-likeness (QED) is 0.582. The predicted octanol–water partition coefficient (Wildman–Crippen LogP) is 4.53. The number of aliphatic imine (C=N–C) groups is 1. The molecule has 2 aromatic carbocycles. The second-order valence-corrected chi connectivity index (χ2v) is 7.39. The molecule has 30 heavy (non-hydrogen) atoms. The van der Waals surface area contributed by atoms with Crippen molar-refractivity contribution in [2.24, 2.45) is 10.7 Å². The number of hydrogen-bond donors (Lipinski definition) is 1. The lowest BCUT2D eigenvalue weighted by molar-refractivity contribution is 0.261. The largest absolute Gasteiger partial charge is 0.492 e. The number of benzene rings is 2. The Morgan fingerprint density at radius 3 is 2.50 bits per heavy atom. The zero-order chi connectivity index (χ0) is 22.1. The van der Waals surface area contributed by atoms with E-state index in [0.717, 1.165) is 34.7 Å². The number of nitrogens with zero attached hydrogens (tertiary/aromatic N) is 2. The van der Waals surface area contributed by atoms with Crippen LogP contribution in [0, 0.1) is 5.82 Å². The maximum absolute atomic E-state index is 13.9. The van der Waals surface area contributed by atoms with Gasteiger partial charge in [-0.3, -0.25) is 4.99 Å². The van der Waals surface area contributed by atoms with Gasteiger partial charge in [0.05, 0.1) is 6.61 Å². The van der Waals surface area contributed by atoms with Crippen LogP contribution in [0.4, 0.5) is 4.39 Å². The second kappa shape index (κ2) is 11.4. The molecule has 0 unspecified atom stereocenters. The molecular weight excluding hydrogens is 381 g/mol. The summed E-state index contributed by atoms with van der Waals surface area (Å²) in [6.45, 7) is 5.55. The number of hydrogen-bond acceptors (Lipinski definition) is 5. The van der Waals surface area contributed by atoms with Gasteiger partial charge in [0, 0.05) is 43.1 Å². The summed E-state index contributed by atoms with van der Waals surface area (Å²) < 4.78 is 25.7. The van der Waals surface area contributed by atoms with Crippen LogP contribution >= 0.6 is 0 Å². The van der Waals surface area contributed by atoms with Crippen molar-refractivity contribution in [3.63, 3.8) is 0 Å². The fraction of sp³-hybridized carbons (Fsp3) is 0.375. The Labute approximate surface area is 179 Å². The average Bonchev–Trinajstić information content (AvgIpc) is 2.70. The highest BCUT2D eigenvalue weighted by atomic mass is 19.1. The molecule has 0 amide bonds. The van der Waals surface area contributed by atoms with Crippen LogP contribution in [0.5, 0.6) is 11.5 Å². The molecule has 0 spiro atoms. The summed E-state index contributed by atoms with van der Waals surface area (Å²) in [5.41, 5.74) is 10.2. The van der Waals surface area contributed by atoms with E-state index >= 15 is 0 Å². The SMILES string of the molecule is CN=C(C)/C(CCOc1cc(F)ccc1-c1cccc(OCCN(C)C)c1)=C(/C)N. The Hall–Kier alpha value is -2.86. The average molecular weight is 414 g/mol. The third kappa shape index (κ3) is 6.88. The van der Waals surface area contributed by atoms with Crippen LogP contribution in [-0.2, 0) is 0 Å². The van der Waals surface area contributed by atoms with Gasteiger partial charge in [-0.15, -0.1) is 0 Å². The maximum Gasteiger partial charge on any atom is 0.130 e. The third-order valence-electron chi connectivity index (χ3n) is 4.75. The van der Waals surface area contributed by atoms with Crippen molar-refractivity contribution in [1.29, 1.82) is 0 Å². The first-order valence-corrected chi connectivity index (χ1v) is 10.0. The molecule has 0 aliphatic carbocycles. The van der Waals surface area contributed by atoms with Crippen LogP contribution in [0.15, 0.2) is 58.7 Å². The molecule has 0 atom stereocenters. The van der Waals surface area contributed by atoms with Crippen LogP contribution in [-0.4, -0.2) is 51.5 Å². The fourth-order valence-electron chi connectivity index (χ4n) is 3.01. The van der Waals surface area contributed by atoms with E-state index in [0.29, 0.717) is 31.1 Å². The molecule has 2 rings (SSSR count). The topological polar surface area (TPSA) is 60.1 Å². The van der Waals surface area contributed by atoms with E-state index in [1.807, 2.05) is 52.2 Å². The highest BCUT2D eigenvalue weighted by molar-refractivity contribution is 5.98. The van der Waals surface area contributed by atoms with Crippen LogP contribution < -0.4 is 15.2 Å². The monoisotopic (exact) mass is 413 g/mol. The number of rotatable bonds is 10. The van der Waals surface area contributed by atoms with Crippen molar-refractivity contribution in [1.82, 2.24) is 4.90 Å². The summed E-state index contributed by atoms with van der Waals surface area (Å²) in [5.74, 6) is 0.910. The van der Waals surface area contributed by atoms with Crippen LogP contribution in [0.1, 0.15) is 20.3 Å². The van der Waals surface area contributed by atoms with Gasteiger partial charge in [-0.2, -0.15) is 0 Å². The summed E-state index contributed by atoms with van der Waals surface area (Å²) in [6, 6.07) is 12.3. The molecule has 0 radical (unpaired) electrons. The molecular formula is C24H32FN3O2. The van der Waals surface area contributed by atoms with Crippen molar-refractivity contribution in [2.75, 3.05) is 40.9 Å². The Morgan fingerprint density at radius 1 is 1.07 bits per heavy atom. The summed E-state index contributed by atoms with van der Waals surface area (Å²) in [7, 11) is 5.74. The van der Waals surface area contributed by atoms with E-state index in [4.69, 9.17) is 15.2 Å². The first-order valence-electron chi connectivity index (χ1n) is 10.0. The predicted molar refractivity (Wildman–Crippen MR) is 122 cm³/mol. The lowest BCUT2D eigenvalue weighted by atomic mass is 10.0. The molecule has 0 aromatic heterocycles. The molecule has 0 aliphatic heterocycles. The molecule has 0 saturated carbocycles. The molecule has 2 N–H and O–H groups in total.